The van der Waals surface area contributed by atoms with E-state index in [1.807, 2.05) is 72.8 Å². The van der Waals surface area contributed by atoms with Gasteiger partial charge in [0.1, 0.15) is 22.8 Å². The van der Waals surface area contributed by atoms with Crippen molar-refractivity contribution >= 4 is 46.0 Å². The fourth-order valence-corrected chi connectivity index (χ4v) is 3.26. The van der Waals surface area contributed by atoms with Crippen molar-refractivity contribution in [1.29, 1.82) is 0 Å². The highest BCUT2D eigenvalue weighted by Gasteiger charge is 2.12. The van der Waals surface area contributed by atoms with Crippen molar-refractivity contribution in [2.45, 2.75) is 0 Å². The van der Waals surface area contributed by atoms with Crippen LogP contribution in [-0.4, -0.2) is 22.4 Å². The predicted octanol–water partition coefficient (Wildman–Crippen LogP) is 5.27. The van der Waals surface area contributed by atoms with E-state index in [0.717, 1.165) is 33.1 Å². The second kappa shape index (κ2) is 8.46. The molecule has 0 atom stereocenters. The Morgan fingerprint density at radius 2 is 1.13 bits per heavy atom. The minimum atomic E-state index is 0.675. The highest BCUT2D eigenvalue weighted by Crippen LogP contribution is 2.32. The molecule has 0 radical (unpaired) electrons. The van der Waals surface area contributed by atoms with Crippen molar-refractivity contribution in [2.75, 3.05) is 10.9 Å². The van der Waals surface area contributed by atoms with Gasteiger partial charge in [-0.1, -0.05) is 36.4 Å². The molecule has 0 aliphatic heterocycles. The van der Waals surface area contributed by atoms with Gasteiger partial charge in [-0.2, -0.15) is 10.2 Å². The molecule has 0 bridgehead atoms. The first-order chi connectivity index (χ1) is 15.4. The molecule has 0 spiro atoms. The lowest BCUT2D eigenvalue weighted by atomic mass is 10.1. The van der Waals surface area contributed by atoms with Crippen molar-refractivity contribution < 1.29 is 4.42 Å². The van der Waals surface area contributed by atoms with Crippen LogP contribution >= 0.6 is 0 Å². The third kappa shape index (κ3) is 3.97. The molecule has 0 saturated heterocycles. The molecule has 0 unspecified atom stereocenters. The monoisotopic (exact) mass is 406 g/mol. The standard InChI is InChI=1S/C24H18N6O/c1-3-13-25-21(11-1)29-27-15-17-7-5-9-19-20-10-6-8-18(24(20)31-23(17)19)16-28-30-22-12-2-4-14-26-22/h1-16H,(H,25,29)(H,26,30)/b27-15+,28-16+. The zero-order chi connectivity index (χ0) is 20.9. The van der Waals surface area contributed by atoms with E-state index < -0.39 is 0 Å². The number of pyridine rings is 2. The minimum Gasteiger partial charge on any atom is -0.455 e. The van der Waals surface area contributed by atoms with E-state index in [4.69, 9.17) is 4.42 Å². The van der Waals surface area contributed by atoms with Gasteiger partial charge in [0.15, 0.2) is 0 Å². The Morgan fingerprint density at radius 3 is 1.58 bits per heavy atom. The number of nitrogens with zero attached hydrogens (tertiary/aromatic N) is 4. The third-order valence-electron chi connectivity index (χ3n) is 4.68. The minimum absolute atomic E-state index is 0.675. The summed E-state index contributed by atoms with van der Waals surface area (Å²) in [5.74, 6) is 1.35. The molecule has 2 aromatic carbocycles. The van der Waals surface area contributed by atoms with Crippen LogP contribution in [0.25, 0.3) is 21.9 Å². The summed E-state index contributed by atoms with van der Waals surface area (Å²) in [6, 6.07) is 23.2. The topological polar surface area (TPSA) is 87.7 Å². The first-order valence-corrected chi connectivity index (χ1v) is 9.73. The molecular formula is C24H18N6O. The molecule has 31 heavy (non-hydrogen) atoms. The van der Waals surface area contributed by atoms with Gasteiger partial charge in [0.25, 0.3) is 0 Å². The van der Waals surface area contributed by atoms with Gasteiger partial charge in [-0.15, -0.1) is 0 Å². The van der Waals surface area contributed by atoms with Crippen LogP contribution < -0.4 is 10.9 Å². The molecule has 7 nitrogen and oxygen atoms in total. The molecule has 5 rings (SSSR count). The van der Waals surface area contributed by atoms with Gasteiger partial charge in [-0.25, -0.2) is 9.97 Å². The van der Waals surface area contributed by atoms with E-state index in [-0.39, 0.29) is 0 Å². The maximum atomic E-state index is 6.25. The lowest BCUT2D eigenvalue weighted by Crippen LogP contribution is -1.92. The summed E-state index contributed by atoms with van der Waals surface area (Å²) < 4.78 is 6.25. The summed E-state index contributed by atoms with van der Waals surface area (Å²) in [7, 11) is 0. The van der Waals surface area contributed by atoms with Gasteiger partial charge in [0, 0.05) is 34.3 Å². The lowest BCUT2D eigenvalue weighted by Gasteiger charge is -1.98. The molecule has 0 aliphatic carbocycles. The average Bonchev–Trinajstić information content (AvgIpc) is 3.21. The molecular weight excluding hydrogens is 388 g/mol. The van der Waals surface area contributed by atoms with Crippen LogP contribution in [0.3, 0.4) is 0 Å². The Bertz CT molecular complexity index is 1270. The molecule has 2 N–H and O–H groups in total. The highest BCUT2D eigenvalue weighted by molar-refractivity contribution is 6.13. The molecule has 150 valence electrons. The Balaban J connectivity index is 1.46. The fourth-order valence-electron chi connectivity index (χ4n) is 3.26. The van der Waals surface area contributed by atoms with Gasteiger partial charge in [-0.05, 0) is 36.4 Å². The summed E-state index contributed by atoms with van der Waals surface area (Å²) in [5, 5.41) is 10.6. The Morgan fingerprint density at radius 1 is 0.613 bits per heavy atom. The third-order valence-corrected chi connectivity index (χ3v) is 4.68. The molecule has 0 fully saturated rings. The summed E-state index contributed by atoms with van der Waals surface area (Å²) in [5.41, 5.74) is 9.12. The van der Waals surface area contributed by atoms with Crippen LogP contribution in [0.5, 0.6) is 0 Å². The quantitative estimate of drug-likeness (QED) is 0.296. The molecule has 7 heteroatoms. The largest absolute Gasteiger partial charge is 0.455 e. The SMILES string of the molecule is C(=N\Nc1ccccn1)/c1cccc2c1oc1c(/C=N/Nc3ccccn3)cccc12. The van der Waals surface area contributed by atoms with Crippen LogP contribution in [0.4, 0.5) is 11.6 Å². The normalized spacial score (nSPS) is 11.6. The van der Waals surface area contributed by atoms with Gasteiger partial charge < -0.3 is 4.42 Å². The maximum absolute atomic E-state index is 6.25. The molecule has 3 heterocycles. The summed E-state index contributed by atoms with van der Waals surface area (Å²) in [4.78, 5) is 8.39. The zero-order valence-corrected chi connectivity index (χ0v) is 16.4. The van der Waals surface area contributed by atoms with Crippen LogP contribution in [0.1, 0.15) is 11.1 Å². The van der Waals surface area contributed by atoms with Crippen molar-refractivity contribution in [3.63, 3.8) is 0 Å². The maximum Gasteiger partial charge on any atom is 0.146 e. The smallest absolute Gasteiger partial charge is 0.146 e. The number of anilines is 2. The number of hydrogen-bond acceptors (Lipinski definition) is 7. The van der Waals surface area contributed by atoms with Crippen LogP contribution in [-0.2, 0) is 0 Å². The van der Waals surface area contributed by atoms with Crippen molar-refractivity contribution in [2.24, 2.45) is 10.2 Å². The first kappa shape index (κ1) is 18.5. The number of benzene rings is 2. The van der Waals surface area contributed by atoms with E-state index in [0.29, 0.717) is 11.6 Å². The van der Waals surface area contributed by atoms with Gasteiger partial charge in [0.2, 0.25) is 0 Å². The molecule has 0 aliphatic rings. The summed E-state index contributed by atoms with van der Waals surface area (Å²) in [6.45, 7) is 0. The number of fused-ring (bicyclic) bond motifs is 3. The first-order valence-electron chi connectivity index (χ1n) is 9.73. The number of hydrazone groups is 2. The predicted molar refractivity (Wildman–Crippen MR) is 125 cm³/mol. The van der Waals surface area contributed by atoms with E-state index in [1.165, 1.54) is 0 Å². The molecule has 3 aromatic heterocycles. The molecule has 5 aromatic rings. The highest BCUT2D eigenvalue weighted by atomic mass is 16.3. The number of furan rings is 1. The second-order valence-electron chi connectivity index (χ2n) is 6.72. The Hall–Kier alpha value is -4.52. The zero-order valence-electron chi connectivity index (χ0n) is 16.4. The van der Waals surface area contributed by atoms with Crippen LogP contribution in [0, 0.1) is 0 Å². The van der Waals surface area contributed by atoms with Gasteiger partial charge >= 0.3 is 0 Å². The Kier molecular flexibility index (Phi) is 5.05. The van der Waals surface area contributed by atoms with Gasteiger partial charge in [0.05, 0.1) is 12.4 Å². The van der Waals surface area contributed by atoms with Crippen molar-refractivity contribution in [3.05, 3.63) is 96.3 Å². The van der Waals surface area contributed by atoms with Crippen LogP contribution in [0.2, 0.25) is 0 Å². The van der Waals surface area contributed by atoms with E-state index >= 15 is 0 Å². The fraction of sp³-hybridized carbons (Fsp3) is 0. The van der Waals surface area contributed by atoms with Crippen LogP contribution in [0.15, 0.2) is 99.8 Å². The van der Waals surface area contributed by atoms with Gasteiger partial charge in [-0.3, -0.25) is 10.9 Å². The van der Waals surface area contributed by atoms with Crippen molar-refractivity contribution in [1.82, 2.24) is 9.97 Å². The molecule has 0 amide bonds. The summed E-state index contributed by atoms with van der Waals surface area (Å²) >= 11 is 0. The average molecular weight is 406 g/mol. The number of hydrogen-bond donors (Lipinski definition) is 2. The molecule has 0 saturated carbocycles. The number of aromatic nitrogens is 2. The van der Waals surface area contributed by atoms with E-state index in [2.05, 4.69) is 31.0 Å². The van der Waals surface area contributed by atoms with Crippen molar-refractivity contribution in [3.8, 4) is 0 Å². The number of rotatable bonds is 6. The number of nitrogens with one attached hydrogen (secondary N) is 2. The summed E-state index contributed by atoms with van der Waals surface area (Å²) in [6.07, 6.45) is 6.89. The van der Waals surface area contributed by atoms with E-state index in [9.17, 15) is 0 Å². The number of para-hydroxylation sites is 2. The van der Waals surface area contributed by atoms with E-state index in [1.54, 1.807) is 24.8 Å². The second-order valence-corrected chi connectivity index (χ2v) is 6.72. The lowest BCUT2D eigenvalue weighted by molar-refractivity contribution is 0.667. The Labute approximate surface area is 178 Å².